The third-order valence-corrected chi connectivity index (χ3v) is 1.64. The van der Waals surface area contributed by atoms with E-state index in [1.54, 1.807) is 24.3 Å². The van der Waals surface area contributed by atoms with Crippen LogP contribution in [0.4, 0.5) is 0 Å². The van der Waals surface area contributed by atoms with Crippen molar-refractivity contribution >= 4 is 26.8 Å². The van der Waals surface area contributed by atoms with Gasteiger partial charge in [0.15, 0.2) is 0 Å². The highest BCUT2D eigenvalue weighted by molar-refractivity contribution is 6.58. The Kier molecular flexibility index (Phi) is 14.7. The van der Waals surface area contributed by atoms with Crippen molar-refractivity contribution in [2.24, 2.45) is 0 Å². The van der Waals surface area contributed by atoms with Crippen LogP contribution in [-0.4, -0.2) is 51.5 Å². The SMILES string of the molecule is CB(O)O.CCCB(O)O.OB(O)c1ccccc1. The van der Waals surface area contributed by atoms with Gasteiger partial charge in [-0.25, -0.2) is 0 Å². The molecule has 1 aromatic carbocycles. The van der Waals surface area contributed by atoms with Crippen molar-refractivity contribution in [1.29, 1.82) is 0 Å². The molecule has 0 aliphatic heterocycles. The molecule has 0 unspecified atom stereocenters. The maximum Gasteiger partial charge on any atom is 0.488 e. The number of benzene rings is 1. The maximum absolute atomic E-state index is 8.58. The van der Waals surface area contributed by atoms with Crippen LogP contribution < -0.4 is 5.46 Å². The molecule has 19 heavy (non-hydrogen) atoms. The van der Waals surface area contributed by atoms with Crippen LogP contribution in [0.15, 0.2) is 30.3 Å². The molecular formula is C10H21B3O6. The topological polar surface area (TPSA) is 121 Å². The Labute approximate surface area is 114 Å². The van der Waals surface area contributed by atoms with Crippen molar-refractivity contribution < 1.29 is 30.1 Å². The summed E-state index contributed by atoms with van der Waals surface area (Å²) in [6.07, 6.45) is 1.32. The van der Waals surface area contributed by atoms with Crippen LogP contribution in [0, 0.1) is 0 Å². The largest absolute Gasteiger partial charge is 0.488 e. The summed E-state index contributed by atoms with van der Waals surface area (Å²) < 4.78 is 0. The van der Waals surface area contributed by atoms with E-state index in [4.69, 9.17) is 30.1 Å². The monoisotopic (exact) mass is 270 g/mol. The summed E-state index contributed by atoms with van der Waals surface area (Å²) in [5.74, 6) is 0. The van der Waals surface area contributed by atoms with Crippen LogP contribution >= 0.6 is 0 Å². The summed E-state index contributed by atoms with van der Waals surface area (Å²) in [7, 11) is -3.61. The smallest absolute Gasteiger partial charge is 0.427 e. The zero-order chi connectivity index (χ0) is 15.3. The lowest BCUT2D eigenvalue weighted by Gasteiger charge is -1.94. The van der Waals surface area contributed by atoms with E-state index >= 15 is 0 Å². The fourth-order valence-electron chi connectivity index (χ4n) is 0.883. The summed E-state index contributed by atoms with van der Waals surface area (Å²) in [5, 5.41) is 48.6. The molecule has 1 aromatic rings. The van der Waals surface area contributed by atoms with E-state index in [1.807, 2.05) is 13.0 Å². The molecule has 0 aliphatic rings. The van der Waals surface area contributed by atoms with Crippen molar-refractivity contribution in [1.82, 2.24) is 0 Å². The van der Waals surface area contributed by atoms with E-state index in [9.17, 15) is 0 Å². The molecule has 1 rings (SSSR count). The molecule has 0 heterocycles. The maximum atomic E-state index is 8.58. The van der Waals surface area contributed by atoms with Gasteiger partial charge in [-0.2, -0.15) is 0 Å². The van der Waals surface area contributed by atoms with E-state index in [0.717, 1.165) is 6.42 Å². The normalized spacial score (nSPS) is 8.42. The Morgan fingerprint density at radius 3 is 1.47 bits per heavy atom. The first-order chi connectivity index (χ1) is 8.81. The highest BCUT2D eigenvalue weighted by Gasteiger charge is 2.07. The van der Waals surface area contributed by atoms with Gasteiger partial charge >= 0.3 is 21.4 Å². The second-order valence-corrected chi connectivity index (χ2v) is 3.69. The van der Waals surface area contributed by atoms with Gasteiger partial charge in [0.05, 0.1) is 0 Å². The van der Waals surface area contributed by atoms with E-state index in [2.05, 4.69) is 0 Å². The fraction of sp³-hybridized carbons (Fsp3) is 0.400. The van der Waals surface area contributed by atoms with Gasteiger partial charge in [-0.1, -0.05) is 43.7 Å². The number of hydrogen-bond acceptors (Lipinski definition) is 6. The highest BCUT2D eigenvalue weighted by atomic mass is 16.4. The Bertz CT molecular complexity index is 281. The molecule has 0 saturated carbocycles. The Morgan fingerprint density at radius 1 is 0.895 bits per heavy atom. The number of rotatable bonds is 3. The number of hydrogen-bond donors (Lipinski definition) is 6. The molecule has 0 aromatic heterocycles. The summed E-state index contributed by atoms with van der Waals surface area (Å²) in [5.41, 5.74) is 0.525. The molecule has 6 nitrogen and oxygen atoms in total. The van der Waals surface area contributed by atoms with Gasteiger partial charge in [-0.05, 0) is 18.6 Å². The lowest BCUT2D eigenvalue weighted by atomic mass is 9.81. The summed E-state index contributed by atoms with van der Waals surface area (Å²) in [4.78, 5) is 0. The third-order valence-electron chi connectivity index (χ3n) is 1.64. The van der Waals surface area contributed by atoms with Gasteiger partial charge in [-0.3, -0.25) is 0 Å². The van der Waals surface area contributed by atoms with Gasteiger partial charge in [0.1, 0.15) is 0 Å². The molecule has 0 atom stereocenters. The molecule has 0 amide bonds. The first-order valence-electron chi connectivity index (χ1n) is 5.94. The summed E-state index contributed by atoms with van der Waals surface area (Å²) in [6.45, 7) is 3.18. The van der Waals surface area contributed by atoms with E-state index < -0.39 is 21.4 Å². The Hall–Kier alpha value is -0.825. The van der Waals surface area contributed by atoms with Crippen molar-refractivity contribution in [2.45, 2.75) is 26.5 Å². The van der Waals surface area contributed by atoms with Crippen LogP contribution in [-0.2, 0) is 0 Å². The molecule has 6 N–H and O–H groups in total. The first-order valence-corrected chi connectivity index (χ1v) is 5.94. The second-order valence-electron chi connectivity index (χ2n) is 3.69. The quantitative estimate of drug-likeness (QED) is 0.365. The minimum absolute atomic E-state index is 0.486. The average molecular weight is 270 g/mol. The minimum Gasteiger partial charge on any atom is -0.427 e. The Balaban J connectivity index is 0. The van der Waals surface area contributed by atoms with Gasteiger partial charge in [0.25, 0.3) is 0 Å². The lowest BCUT2D eigenvalue weighted by molar-refractivity contribution is 0.404. The molecule has 0 aliphatic carbocycles. The molecular weight excluding hydrogens is 249 g/mol. The second kappa shape index (κ2) is 13.6. The van der Waals surface area contributed by atoms with Gasteiger partial charge in [-0.15, -0.1) is 0 Å². The average Bonchev–Trinajstić information content (AvgIpc) is 2.30. The summed E-state index contributed by atoms with van der Waals surface area (Å²) >= 11 is 0. The van der Waals surface area contributed by atoms with Crippen molar-refractivity contribution in [3.8, 4) is 0 Å². The van der Waals surface area contributed by atoms with E-state index in [-0.39, 0.29) is 0 Å². The van der Waals surface area contributed by atoms with Crippen molar-refractivity contribution in [3.63, 3.8) is 0 Å². The van der Waals surface area contributed by atoms with Crippen LogP contribution in [0.3, 0.4) is 0 Å². The zero-order valence-corrected chi connectivity index (χ0v) is 11.2. The predicted octanol–water partition coefficient (Wildman–Crippen LogP) is -1.68. The Morgan fingerprint density at radius 2 is 1.32 bits per heavy atom. The minimum atomic E-state index is -1.34. The van der Waals surface area contributed by atoms with E-state index in [1.165, 1.54) is 6.82 Å². The van der Waals surface area contributed by atoms with Crippen LogP contribution in [0.1, 0.15) is 13.3 Å². The van der Waals surface area contributed by atoms with Gasteiger partial charge in [0.2, 0.25) is 0 Å². The summed E-state index contributed by atoms with van der Waals surface area (Å²) in [6, 6.07) is 8.66. The van der Waals surface area contributed by atoms with E-state index in [0.29, 0.717) is 11.8 Å². The molecule has 0 bridgehead atoms. The fourth-order valence-corrected chi connectivity index (χ4v) is 0.883. The molecule has 0 spiro atoms. The standard InChI is InChI=1S/C6H7BO2.C3H9BO2.CH5BO2/c8-7(9)6-4-2-1-3-5-6;1-2-3-4(5)6;1-2(3)4/h1-5,8-9H;5-6H,2-3H2,1H3;3-4H,1H3. The van der Waals surface area contributed by atoms with Crippen LogP contribution in [0.2, 0.25) is 13.1 Å². The zero-order valence-electron chi connectivity index (χ0n) is 11.2. The first kappa shape index (κ1) is 20.5. The van der Waals surface area contributed by atoms with Crippen molar-refractivity contribution in [2.75, 3.05) is 0 Å². The van der Waals surface area contributed by atoms with Gasteiger partial charge < -0.3 is 30.1 Å². The van der Waals surface area contributed by atoms with Crippen molar-refractivity contribution in [3.05, 3.63) is 30.3 Å². The highest BCUT2D eigenvalue weighted by Crippen LogP contribution is 1.86. The molecule has 0 fully saturated rings. The third kappa shape index (κ3) is 19.7. The predicted molar refractivity (Wildman–Crippen MR) is 77.6 cm³/mol. The molecule has 106 valence electrons. The molecule has 9 heteroatoms. The van der Waals surface area contributed by atoms with Gasteiger partial charge in [0, 0.05) is 0 Å². The lowest BCUT2D eigenvalue weighted by Crippen LogP contribution is -2.29. The van der Waals surface area contributed by atoms with Crippen LogP contribution in [0.25, 0.3) is 0 Å². The molecule has 0 saturated heterocycles. The molecule has 0 radical (unpaired) electrons. The van der Waals surface area contributed by atoms with Crippen LogP contribution in [0.5, 0.6) is 0 Å².